The van der Waals surface area contributed by atoms with Crippen LogP contribution in [0.15, 0.2) is 0 Å². The maximum absolute atomic E-state index is 12.6. The van der Waals surface area contributed by atoms with Crippen LogP contribution in [0.5, 0.6) is 0 Å². The molecule has 2 atom stereocenters. The monoisotopic (exact) mass is 237 g/mol. The average Bonchev–Trinajstić information content (AvgIpc) is 2.08. The van der Waals surface area contributed by atoms with E-state index in [1.165, 1.54) is 0 Å². The smallest absolute Gasteiger partial charge is 0.248 e. The molecule has 1 saturated carbocycles. The van der Waals surface area contributed by atoms with Crippen molar-refractivity contribution < 1.29 is 8.78 Å². The summed E-state index contributed by atoms with van der Waals surface area (Å²) in [5.41, 5.74) is 0. The van der Waals surface area contributed by atoms with Crippen molar-refractivity contribution in [2.45, 2.75) is 37.5 Å². The third-order valence-electron chi connectivity index (χ3n) is 3.64. The van der Waals surface area contributed by atoms with Gasteiger partial charge in [0.15, 0.2) is 0 Å². The van der Waals surface area contributed by atoms with Gasteiger partial charge in [0.2, 0.25) is 5.92 Å². The van der Waals surface area contributed by atoms with Gasteiger partial charge in [0.05, 0.1) is 0 Å². The van der Waals surface area contributed by atoms with Crippen molar-refractivity contribution in [3.8, 4) is 0 Å². The van der Waals surface area contributed by atoms with Gasteiger partial charge in [0.1, 0.15) is 0 Å². The van der Waals surface area contributed by atoms with Gasteiger partial charge in [-0.2, -0.15) is 0 Å². The topological polar surface area (TPSA) is 3.24 Å². The lowest BCUT2D eigenvalue weighted by molar-refractivity contribution is -0.117. The highest BCUT2D eigenvalue weighted by Gasteiger charge is 2.45. The molecule has 15 heavy (non-hydrogen) atoms. The molecule has 1 nitrogen and oxygen atoms in total. The van der Waals surface area contributed by atoms with E-state index in [9.17, 15) is 8.78 Å². The molecule has 1 saturated heterocycles. The Labute approximate surface area is 94.8 Å². The summed E-state index contributed by atoms with van der Waals surface area (Å²) in [6.45, 7) is 4.86. The molecule has 0 radical (unpaired) electrons. The summed E-state index contributed by atoms with van der Waals surface area (Å²) in [6.07, 6.45) is 1.25. The van der Waals surface area contributed by atoms with E-state index in [0.717, 1.165) is 26.1 Å². The minimum atomic E-state index is -2.38. The average molecular weight is 238 g/mol. The summed E-state index contributed by atoms with van der Waals surface area (Å²) in [6, 6.07) is 0. The van der Waals surface area contributed by atoms with Crippen molar-refractivity contribution in [1.29, 1.82) is 0 Å². The second-order valence-electron chi connectivity index (χ2n) is 5.17. The van der Waals surface area contributed by atoms with Crippen molar-refractivity contribution in [2.75, 3.05) is 19.6 Å². The molecule has 2 unspecified atom stereocenters. The van der Waals surface area contributed by atoms with Gasteiger partial charge in [0, 0.05) is 31.3 Å². The number of rotatable bonds is 2. The highest BCUT2D eigenvalue weighted by Crippen LogP contribution is 2.43. The van der Waals surface area contributed by atoms with Gasteiger partial charge in [-0.25, -0.2) is 8.78 Å². The van der Waals surface area contributed by atoms with E-state index < -0.39 is 5.92 Å². The van der Waals surface area contributed by atoms with E-state index in [4.69, 9.17) is 11.6 Å². The first-order chi connectivity index (χ1) is 6.96. The molecule has 4 heteroatoms. The molecule has 0 aromatic carbocycles. The van der Waals surface area contributed by atoms with Crippen LogP contribution in [-0.2, 0) is 0 Å². The first kappa shape index (κ1) is 11.6. The molecule has 2 aliphatic rings. The van der Waals surface area contributed by atoms with Crippen LogP contribution in [0.2, 0.25) is 0 Å². The van der Waals surface area contributed by atoms with Gasteiger partial charge >= 0.3 is 0 Å². The number of nitrogens with zero attached hydrogens (tertiary/aromatic N) is 1. The maximum atomic E-state index is 12.6. The third-order valence-corrected chi connectivity index (χ3v) is 4.21. The van der Waals surface area contributed by atoms with E-state index >= 15 is 0 Å². The quantitative estimate of drug-likeness (QED) is 0.668. The van der Waals surface area contributed by atoms with Crippen LogP contribution in [0.4, 0.5) is 8.78 Å². The number of alkyl halides is 3. The summed E-state index contributed by atoms with van der Waals surface area (Å²) < 4.78 is 25.3. The van der Waals surface area contributed by atoms with E-state index in [2.05, 4.69) is 11.8 Å². The van der Waals surface area contributed by atoms with Gasteiger partial charge in [-0.05, 0) is 24.8 Å². The second-order valence-corrected chi connectivity index (χ2v) is 5.73. The molecule has 1 heterocycles. The minimum Gasteiger partial charge on any atom is -0.302 e. The summed E-state index contributed by atoms with van der Waals surface area (Å²) in [5.74, 6) is -1.63. The van der Waals surface area contributed by atoms with Gasteiger partial charge in [0.25, 0.3) is 0 Å². The maximum Gasteiger partial charge on any atom is 0.248 e. The standard InChI is InChI=1S/C11H18ClF2N/c1-8-2-3-15(7-10(8)12)6-9-4-11(13,14)5-9/h8-10H,2-7H2,1H3. The molecule has 2 rings (SSSR count). The van der Waals surface area contributed by atoms with Crippen molar-refractivity contribution in [2.24, 2.45) is 11.8 Å². The Balaban J connectivity index is 1.73. The Hall–Kier alpha value is 0.110. The van der Waals surface area contributed by atoms with Crippen molar-refractivity contribution >= 4 is 11.6 Å². The van der Waals surface area contributed by atoms with Crippen molar-refractivity contribution in [3.05, 3.63) is 0 Å². The second kappa shape index (κ2) is 4.17. The molecule has 1 aliphatic heterocycles. The zero-order chi connectivity index (χ0) is 11.1. The molecule has 0 aromatic heterocycles. The van der Waals surface area contributed by atoms with Crippen LogP contribution < -0.4 is 0 Å². The Morgan fingerprint density at radius 3 is 2.60 bits per heavy atom. The molecule has 88 valence electrons. The summed E-state index contributed by atoms with van der Waals surface area (Å²) >= 11 is 6.17. The van der Waals surface area contributed by atoms with Crippen LogP contribution in [0.25, 0.3) is 0 Å². The summed E-state index contributed by atoms with van der Waals surface area (Å²) in [4.78, 5) is 2.25. The van der Waals surface area contributed by atoms with E-state index in [-0.39, 0.29) is 24.1 Å². The molecule has 0 spiro atoms. The largest absolute Gasteiger partial charge is 0.302 e. The molecule has 2 fully saturated rings. The van der Waals surface area contributed by atoms with Gasteiger partial charge in [-0.1, -0.05) is 6.92 Å². The van der Waals surface area contributed by atoms with Crippen LogP contribution in [0, 0.1) is 11.8 Å². The Morgan fingerprint density at radius 1 is 1.40 bits per heavy atom. The first-order valence-corrected chi connectivity index (χ1v) is 6.14. The predicted molar refractivity (Wildman–Crippen MR) is 57.5 cm³/mol. The highest BCUT2D eigenvalue weighted by molar-refractivity contribution is 6.21. The van der Waals surface area contributed by atoms with Crippen LogP contribution >= 0.6 is 11.6 Å². The number of piperidine rings is 1. The molecule has 1 aliphatic carbocycles. The SMILES string of the molecule is CC1CCN(CC2CC(F)(F)C2)CC1Cl. The molecular formula is C11H18ClF2N. The summed E-state index contributed by atoms with van der Waals surface area (Å²) in [7, 11) is 0. The molecule has 0 N–H and O–H groups in total. The number of likely N-dealkylation sites (tertiary alicyclic amines) is 1. The van der Waals surface area contributed by atoms with Crippen LogP contribution in [0.3, 0.4) is 0 Å². The third kappa shape index (κ3) is 2.82. The highest BCUT2D eigenvalue weighted by atomic mass is 35.5. The van der Waals surface area contributed by atoms with Crippen LogP contribution in [-0.4, -0.2) is 35.8 Å². The number of hydrogen-bond donors (Lipinski definition) is 0. The molecule has 0 amide bonds. The minimum absolute atomic E-state index is 0.0754. The fourth-order valence-electron chi connectivity index (χ4n) is 2.53. The fraction of sp³-hybridized carbons (Fsp3) is 1.00. The Morgan fingerprint density at radius 2 is 2.07 bits per heavy atom. The lowest BCUT2D eigenvalue weighted by Crippen LogP contribution is -2.47. The molecule has 0 bridgehead atoms. The molecule has 0 aromatic rings. The zero-order valence-corrected chi connectivity index (χ0v) is 9.81. The van der Waals surface area contributed by atoms with Gasteiger partial charge < -0.3 is 4.90 Å². The van der Waals surface area contributed by atoms with Gasteiger partial charge in [-0.3, -0.25) is 0 Å². The Bertz CT molecular complexity index is 227. The van der Waals surface area contributed by atoms with E-state index in [1.54, 1.807) is 0 Å². The first-order valence-electron chi connectivity index (χ1n) is 5.70. The van der Waals surface area contributed by atoms with E-state index in [0.29, 0.717) is 5.92 Å². The van der Waals surface area contributed by atoms with Crippen LogP contribution in [0.1, 0.15) is 26.2 Å². The van der Waals surface area contributed by atoms with Gasteiger partial charge in [-0.15, -0.1) is 11.6 Å². The molecular weight excluding hydrogens is 220 g/mol. The van der Waals surface area contributed by atoms with Crippen molar-refractivity contribution in [3.63, 3.8) is 0 Å². The number of hydrogen-bond acceptors (Lipinski definition) is 1. The summed E-state index contributed by atoms with van der Waals surface area (Å²) in [5, 5.41) is 0.194. The Kier molecular flexibility index (Phi) is 3.22. The zero-order valence-electron chi connectivity index (χ0n) is 9.06. The number of halogens is 3. The lowest BCUT2D eigenvalue weighted by Gasteiger charge is -2.41. The fourth-order valence-corrected chi connectivity index (χ4v) is 2.85. The normalized spacial score (nSPS) is 37.6. The lowest BCUT2D eigenvalue weighted by atomic mass is 9.80. The predicted octanol–water partition coefficient (Wildman–Crippen LogP) is 2.98. The van der Waals surface area contributed by atoms with E-state index in [1.807, 2.05) is 0 Å². The van der Waals surface area contributed by atoms with Crippen molar-refractivity contribution in [1.82, 2.24) is 4.90 Å².